The number of ether oxygens (including phenoxy) is 5. The number of hydrogen-bond acceptors (Lipinski definition) is 7. The third-order valence-corrected chi connectivity index (χ3v) is 5.94. The van der Waals surface area contributed by atoms with Gasteiger partial charge in [0.2, 0.25) is 5.43 Å². The maximum atomic E-state index is 13.7. The van der Waals surface area contributed by atoms with Crippen molar-refractivity contribution in [3.05, 3.63) is 75.4 Å². The van der Waals surface area contributed by atoms with Crippen LogP contribution < -0.4 is 29.1 Å². The number of hydrogen-bond donors (Lipinski definition) is 0. The van der Waals surface area contributed by atoms with E-state index in [2.05, 4.69) is 0 Å². The molecule has 0 aliphatic heterocycles. The summed E-state index contributed by atoms with van der Waals surface area (Å²) in [5, 5.41) is 0.462. The van der Waals surface area contributed by atoms with Gasteiger partial charge in [-0.3, -0.25) is 4.79 Å². The zero-order valence-corrected chi connectivity index (χ0v) is 21.1. The van der Waals surface area contributed by atoms with E-state index in [9.17, 15) is 4.79 Å². The van der Waals surface area contributed by atoms with Crippen LogP contribution in [0.3, 0.4) is 0 Å². The van der Waals surface area contributed by atoms with Gasteiger partial charge < -0.3 is 28.1 Å². The Morgan fingerprint density at radius 1 is 0.667 bits per heavy atom. The van der Waals surface area contributed by atoms with Crippen LogP contribution in [0.25, 0.3) is 34.4 Å². The normalized spacial score (nSPS) is 11.1. The standard InChI is InChI=1S/C29H28O7/c1-17-13-21-25(16-24(17)33-4)36-29(19-9-12-23(32-3)27(15-19)35-6)20(28(21)30)10-7-18-8-11-22(31-2)26(14-18)34-5/h7-16H,1-6H3/b10-7+. The monoisotopic (exact) mass is 488 g/mol. The molecule has 0 saturated carbocycles. The summed E-state index contributed by atoms with van der Waals surface area (Å²) in [6.07, 6.45) is 3.58. The fourth-order valence-corrected chi connectivity index (χ4v) is 4.04. The number of methoxy groups -OCH3 is 5. The van der Waals surface area contributed by atoms with Crippen molar-refractivity contribution in [1.29, 1.82) is 0 Å². The van der Waals surface area contributed by atoms with Crippen molar-refractivity contribution in [1.82, 2.24) is 0 Å². The SMILES string of the molecule is COc1cc2oc(-c3ccc(OC)c(OC)c3)c(/C=C/c3ccc(OC)c(OC)c3)c(=O)c2cc1C. The van der Waals surface area contributed by atoms with Crippen LogP contribution in [0.2, 0.25) is 0 Å². The van der Waals surface area contributed by atoms with Gasteiger partial charge in [-0.2, -0.15) is 0 Å². The first kappa shape index (κ1) is 24.7. The van der Waals surface area contributed by atoms with Crippen molar-refractivity contribution in [2.24, 2.45) is 0 Å². The Bertz CT molecular complexity index is 1500. The van der Waals surface area contributed by atoms with E-state index >= 15 is 0 Å². The van der Waals surface area contributed by atoms with Gasteiger partial charge in [-0.25, -0.2) is 0 Å². The maximum Gasteiger partial charge on any atom is 0.200 e. The van der Waals surface area contributed by atoms with Gasteiger partial charge in [-0.15, -0.1) is 0 Å². The molecule has 0 aliphatic rings. The first-order valence-corrected chi connectivity index (χ1v) is 11.2. The minimum Gasteiger partial charge on any atom is -0.496 e. The summed E-state index contributed by atoms with van der Waals surface area (Å²) in [6.45, 7) is 1.89. The van der Waals surface area contributed by atoms with Crippen molar-refractivity contribution >= 4 is 23.1 Å². The number of rotatable bonds is 8. The molecule has 0 saturated heterocycles. The summed E-state index contributed by atoms with van der Waals surface area (Å²) < 4.78 is 33.4. The minimum absolute atomic E-state index is 0.163. The molecule has 36 heavy (non-hydrogen) atoms. The van der Waals surface area contributed by atoms with Gasteiger partial charge in [-0.05, 0) is 60.5 Å². The lowest BCUT2D eigenvalue weighted by Crippen LogP contribution is -2.08. The van der Waals surface area contributed by atoms with Crippen LogP contribution in [0.15, 0.2) is 57.7 Å². The number of fused-ring (bicyclic) bond motifs is 1. The van der Waals surface area contributed by atoms with Crippen molar-refractivity contribution in [2.75, 3.05) is 35.5 Å². The summed E-state index contributed by atoms with van der Waals surface area (Å²) in [6, 6.07) is 14.4. The average molecular weight is 489 g/mol. The fourth-order valence-electron chi connectivity index (χ4n) is 4.04. The lowest BCUT2D eigenvalue weighted by Gasteiger charge is -2.13. The predicted octanol–water partition coefficient (Wildman–Crippen LogP) is 5.98. The highest BCUT2D eigenvalue weighted by molar-refractivity contribution is 5.88. The molecule has 4 aromatic rings. The van der Waals surface area contributed by atoms with Crippen molar-refractivity contribution < 1.29 is 28.1 Å². The molecule has 0 unspecified atom stereocenters. The van der Waals surface area contributed by atoms with Crippen LogP contribution in [0.1, 0.15) is 16.7 Å². The maximum absolute atomic E-state index is 13.7. The number of benzene rings is 3. The van der Waals surface area contributed by atoms with Gasteiger partial charge in [-0.1, -0.05) is 12.1 Å². The van der Waals surface area contributed by atoms with Crippen LogP contribution in [-0.4, -0.2) is 35.5 Å². The first-order valence-electron chi connectivity index (χ1n) is 11.2. The Morgan fingerprint density at radius 2 is 1.28 bits per heavy atom. The number of aryl methyl sites for hydroxylation is 1. The van der Waals surface area contributed by atoms with E-state index in [1.54, 1.807) is 65.9 Å². The van der Waals surface area contributed by atoms with Crippen molar-refractivity contribution in [3.63, 3.8) is 0 Å². The van der Waals surface area contributed by atoms with Crippen molar-refractivity contribution in [3.8, 4) is 40.1 Å². The average Bonchev–Trinajstić information content (AvgIpc) is 2.91. The van der Waals surface area contributed by atoms with Gasteiger partial charge in [0.1, 0.15) is 17.1 Å². The van der Waals surface area contributed by atoms with Crippen LogP contribution in [-0.2, 0) is 0 Å². The van der Waals surface area contributed by atoms with E-state index in [4.69, 9.17) is 28.1 Å². The van der Waals surface area contributed by atoms with Crippen LogP contribution in [0, 0.1) is 6.92 Å². The molecule has 4 rings (SSSR count). The quantitative estimate of drug-likeness (QED) is 0.302. The van der Waals surface area contributed by atoms with E-state index < -0.39 is 0 Å². The van der Waals surface area contributed by atoms with Crippen LogP contribution in [0.4, 0.5) is 0 Å². The zero-order chi connectivity index (χ0) is 25.8. The third-order valence-electron chi connectivity index (χ3n) is 5.94. The highest BCUT2D eigenvalue weighted by Crippen LogP contribution is 2.36. The molecule has 7 nitrogen and oxygen atoms in total. The smallest absolute Gasteiger partial charge is 0.200 e. The Kier molecular flexibility index (Phi) is 7.20. The molecule has 3 aromatic carbocycles. The Balaban J connectivity index is 1.95. The lowest BCUT2D eigenvalue weighted by atomic mass is 10.0. The van der Waals surface area contributed by atoms with Gasteiger partial charge in [0, 0.05) is 11.6 Å². The highest BCUT2D eigenvalue weighted by Gasteiger charge is 2.18. The molecule has 1 heterocycles. The van der Waals surface area contributed by atoms with Crippen molar-refractivity contribution in [2.45, 2.75) is 6.92 Å². The van der Waals surface area contributed by atoms with E-state index in [0.717, 1.165) is 11.1 Å². The molecule has 0 bridgehead atoms. The fraction of sp³-hybridized carbons (Fsp3) is 0.207. The summed E-state index contributed by atoms with van der Waals surface area (Å²) in [7, 11) is 7.88. The molecule has 1 aromatic heterocycles. The van der Waals surface area contributed by atoms with Gasteiger partial charge in [0.05, 0.1) is 46.5 Å². The second-order valence-electron chi connectivity index (χ2n) is 8.01. The molecule has 0 amide bonds. The molecule has 0 fully saturated rings. The van der Waals surface area contributed by atoms with Crippen LogP contribution >= 0.6 is 0 Å². The summed E-state index contributed by atoms with van der Waals surface area (Å²) in [4.78, 5) is 13.7. The van der Waals surface area contributed by atoms with E-state index in [-0.39, 0.29) is 5.43 Å². The molecule has 7 heteroatoms. The second kappa shape index (κ2) is 10.5. The van der Waals surface area contributed by atoms with Gasteiger partial charge >= 0.3 is 0 Å². The predicted molar refractivity (Wildman–Crippen MR) is 141 cm³/mol. The van der Waals surface area contributed by atoms with E-state index in [1.807, 2.05) is 37.3 Å². The third kappa shape index (κ3) is 4.60. The molecule has 0 spiro atoms. The lowest BCUT2D eigenvalue weighted by molar-refractivity contribution is 0.355. The first-order chi connectivity index (χ1) is 17.4. The Labute approximate surface area is 209 Å². The van der Waals surface area contributed by atoms with E-state index in [1.165, 1.54) is 0 Å². The van der Waals surface area contributed by atoms with Crippen LogP contribution in [0.5, 0.6) is 28.7 Å². The summed E-state index contributed by atoms with van der Waals surface area (Å²) in [5.74, 6) is 3.34. The molecule has 0 aliphatic carbocycles. The van der Waals surface area contributed by atoms with Gasteiger partial charge in [0.25, 0.3) is 0 Å². The Morgan fingerprint density at radius 3 is 1.92 bits per heavy atom. The Hall–Kier alpha value is -4.39. The molecule has 0 N–H and O–H groups in total. The summed E-state index contributed by atoms with van der Waals surface area (Å²) in [5.41, 5.74) is 2.99. The summed E-state index contributed by atoms with van der Waals surface area (Å²) >= 11 is 0. The largest absolute Gasteiger partial charge is 0.496 e. The topological polar surface area (TPSA) is 76.4 Å². The molecule has 0 atom stereocenters. The van der Waals surface area contributed by atoms with Gasteiger partial charge in [0.15, 0.2) is 23.0 Å². The minimum atomic E-state index is -0.163. The molecule has 0 radical (unpaired) electrons. The van der Waals surface area contributed by atoms with E-state index in [0.29, 0.717) is 56.6 Å². The molecular weight excluding hydrogens is 460 g/mol. The molecular formula is C29H28O7. The molecule has 186 valence electrons. The second-order valence-corrected chi connectivity index (χ2v) is 8.01. The highest BCUT2D eigenvalue weighted by atomic mass is 16.5. The zero-order valence-electron chi connectivity index (χ0n) is 21.1.